The van der Waals surface area contributed by atoms with E-state index >= 15 is 0 Å². The minimum atomic E-state index is -3.46. The Labute approximate surface area is 127 Å². The Morgan fingerprint density at radius 3 is 2.62 bits per heavy atom. The van der Waals surface area contributed by atoms with E-state index in [0.717, 1.165) is 19.3 Å². The van der Waals surface area contributed by atoms with Crippen LogP contribution in [0.1, 0.15) is 46.0 Å². The molecule has 0 aliphatic carbocycles. The zero-order valence-electron chi connectivity index (χ0n) is 13.0. The van der Waals surface area contributed by atoms with E-state index in [1.54, 1.807) is 11.2 Å². The first-order valence-electron chi connectivity index (χ1n) is 7.90. The summed E-state index contributed by atoms with van der Waals surface area (Å²) in [6, 6.07) is 0.0479. The van der Waals surface area contributed by atoms with Gasteiger partial charge in [0.15, 0.2) is 0 Å². The molecule has 0 amide bonds. The topological polar surface area (TPSA) is 66.9 Å². The average molecular weight is 318 g/mol. The third-order valence-corrected chi connectivity index (χ3v) is 6.49. The molecule has 0 bridgehead atoms. The predicted octanol–water partition coefficient (Wildman–Crippen LogP) is 1.38. The quantitative estimate of drug-likeness (QED) is 0.735. The lowest BCUT2D eigenvalue weighted by Gasteiger charge is -2.38. The van der Waals surface area contributed by atoms with Crippen molar-refractivity contribution in [2.45, 2.75) is 52.0 Å². The maximum atomic E-state index is 12.8. The minimum absolute atomic E-state index is 0.0479. The molecule has 2 heterocycles. The van der Waals surface area contributed by atoms with Gasteiger partial charge in [0.25, 0.3) is 10.2 Å². The molecule has 2 rings (SSSR count). The highest BCUT2D eigenvalue weighted by Gasteiger charge is 2.38. The van der Waals surface area contributed by atoms with Gasteiger partial charge in [0.1, 0.15) is 0 Å². The second kappa shape index (κ2) is 7.07. The first kappa shape index (κ1) is 16.7. The molecule has 2 aliphatic heterocycles. The Morgan fingerprint density at radius 2 is 1.95 bits per heavy atom. The normalized spacial score (nSPS) is 29.2. The summed E-state index contributed by atoms with van der Waals surface area (Å²) in [6.07, 6.45) is 4.33. The van der Waals surface area contributed by atoms with Gasteiger partial charge in [-0.1, -0.05) is 6.42 Å². The molecule has 0 aromatic carbocycles. The van der Waals surface area contributed by atoms with Crippen LogP contribution in [0.25, 0.3) is 0 Å². The minimum Gasteiger partial charge on any atom is -0.466 e. The molecule has 0 radical (unpaired) electrons. The van der Waals surface area contributed by atoms with Crippen LogP contribution >= 0.6 is 0 Å². The van der Waals surface area contributed by atoms with Gasteiger partial charge in [-0.25, -0.2) is 0 Å². The summed E-state index contributed by atoms with van der Waals surface area (Å²) in [5.74, 6) is -0.599. The Morgan fingerprint density at radius 1 is 1.19 bits per heavy atom. The fourth-order valence-corrected chi connectivity index (χ4v) is 5.11. The first-order chi connectivity index (χ1) is 9.96. The fourth-order valence-electron chi connectivity index (χ4n) is 3.17. The second-order valence-electron chi connectivity index (χ2n) is 5.91. The zero-order chi connectivity index (χ0) is 15.5. The molecule has 0 aromatic heterocycles. The summed E-state index contributed by atoms with van der Waals surface area (Å²) in [5, 5.41) is 0. The molecule has 0 spiro atoms. The van der Waals surface area contributed by atoms with Crippen LogP contribution in [0.4, 0.5) is 0 Å². The summed E-state index contributed by atoms with van der Waals surface area (Å²) in [5.41, 5.74) is 0. The Kier molecular flexibility index (Phi) is 5.62. The van der Waals surface area contributed by atoms with Crippen LogP contribution in [0.3, 0.4) is 0 Å². The number of piperidine rings is 2. The zero-order valence-corrected chi connectivity index (χ0v) is 13.8. The molecule has 2 saturated heterocycles. The van der Waals surface area contributed by atoms with Gasteiger partial charge in [0, 0.05) is 25.7 Å². The van der Waals surface area contributed by atoms with Crippen LogP contribution in [0, 0.1) is 5.92 Å². The number of nitrogens with zero attached hydrogens (tertiary/aromatic N) is 2. The van der Waals surface area contributed by atoms with E-state index in [2.05, 4.69) is 0 Å². The summed E-state index contributed by atoms with van der Waals surface area (Å²) in [6.45, 7) is 5.41. The van der Waals surface area contributed by atoms with Gasteiger partial charge in [-0.05, 0) is 39.5 Å². The van der Waals surface area contributed by atoms with Gasteiger partial charge < -0.3 is 4.74 Å². The van der Waals surface area contributed by atoms with E-state index in [1.165, 1.54) is 4.31 Å². The van der Waals surface area contributed by atoms with Crippen molar-refractivity contribution in [3.63, 3.8) is 0 Å². The second-order valence-corrected chi connectivity index (χ2v) is 7.79. The van der Waals surface area contributed by atoms with Crippen LogP contribution in [-0.2, 0) is 19.7 Å². The van der Waals surface area contributed by atoms with Crippen LogP contribution in [0.2, 0.25) is 0 Å². The van der Waals surface area contributed by atoms with Crippen LogP contribution < -0.4 is 0 Å². The number of ether oxygens (including phenoxy) is 1. The largest absolute Gasteiger partial charge is 0.466 e. The third-order valence-electron chi connectivity index (χ3n) is 4.37. The van der Waals surface area contributed by atoms with Crippen LogP contribution in [-0.4, -0.2) is 55.3 Å². The summed E-state index contributed by atoms with van der Waals surface area (Å²) < 4.78 is 33.7. The van der Waals surface area contributed by atoms with Gasteiger partial charge in [-0.3, -0.25) is 4.79 Å². The molecule has 7 heteroatoms. The highest BCUT2D eigenvalue weighted by atomic mass is 32.2. The molecule has 0 saturated carbocycles. The van der Waals surface area contributed by atoms with Crippen molar-refractivity contribution in [1.82, 2.24) is 8.61 Å². The van der Waals surface area contributed by atoms with Gasteiger partial charge in [-0.2, -0.15) is 17.0 Å². The van der Waals surface area contributed by atoms with Crippen molar-refractivity contribution in [1.29, 1.82) is 0 Å². The highest BCUT2D eigenvalue weighted by molar-refractivity contribution is 7.86. The standard InChI is InChI=1S/C14H26N2O4S/c1-3-20-14(17)13-8-6-9-15(11-13)21(18,19)16-10-5-4-7-12(16)2/h12-13H,3-11H2,1-2H3/t12-,13+/m1/s1. The van der Waals surface area contributed by atoms with Crippen molar-refractivity contribution in [2.24, 2.45) is 5.92 Å². The molecule has 0 aromatic rings. The van der Waals surface area contributed by atoms with Crippen LogP contribution in [0.15, 0.2) is 0 Å². The smallest absolute Gasteiger partial charge is 0.310 e. The van der Waals surface area contributed by atoms with Crippen molar-refractivity contribution >= 4 is 16.2 Å². The molecule has 21 heavy (non-hydrogen) atoms. The van der Waals surface area contributed by atoms with Gasteiger partial charge in [-0.15, -0.1) is 0 Å². The first-order valence-corrected chi connectivity index (χ1v) is 9.30. The maximum Gasteiger partial charge on any atom is 0.310 e. The SMILES string of the molecule is CCOC(=O)[C@H]1CCCN(S(=O)(=O)N2CCCC[C@H]2C)C1. The number of hydrogen-bond acceptors (Lipinski definition) is 4. The molecule has 2 atom stereocenters. The number of carbonyl (C=O) groups excluding carboxylic acids is 1. The molecule has 0 unspecified atom stereocenters. The van der Waals surface area contributed by atoms with E-state index in [-0.39, 0.29) is 24.5 Å². The Bertz CT molecular complexity index is 466. The lowest BCUT2D eigenvalue weighted by molar-refractivity contribution is -0.149. The summed E-state index contributed by atoms with van der Waals surface area (Å²) in [4.78, 5) is 11.9. The molecule has 6 nitrogen and oxygen atoms in total. The van der Waals surface area contributed by atoms with Crippen molar-refractivity contribution < 1.29 is 17.9 Å². The van der Waals surface area contributed by atoms with E-state index in [9.17, 15) is 13.2 Å². The Hall–Kier alpha value is -0.660. The van der Waals surface area contributed by atoms with E-state index in [1.807, 2.05) is 6.92 Å². The summed E-state index contributed by atoms with van der Waals surface area (Å²) >= 11 is 0. The third kappa shape index (κ3) is 3.76. The molecular weight excluding hydrogens is 292 g/mol. The molecule has 122 valence electrons. The van der Waals surface area contributed by atoms with E-state index < -0.39 is 10.2 Å². The fraction of sp³-hybridized carbons (Fsp3) is 0.929. The van der Waals surface area contributed by atoms with Crippen LogP contribution in [0.5, 0.6) is 0 Å². The van der Waals surface area contributed by atoms with Crippen molar-refractivity contribution in [3.8, 4) is 0 Å². The number of esters is 1. The highest BCUT2D eigenvalue weighted by Crippen LogP contribution is 2.26. The molecule has 2 aliphatic rings. The van der Waals surface area contributed by atoms with E-state index in [4.69, 9.17) is 4.74 Å². The van der Waals surface area contributed by atoms with Crippen molar-refractivity contribution in [3.05, 3.63) is 0 Å². The van der Waals surface area contributed by atoms with Gasteiger partial charge in [0.05, 0.1) is 12.5 Å². The summed E-state index contributed by atoms with van der Waals surface area (Å²) in [7, 11) is -3.46. The predicted molar refractivity (Wildman–Crippen MR) is 79.9 cm³/mol. The monoisotopic (exact) mass is 318 g/mol. The lowest BCUT2D eigenvalue weighted by Crippen LogP contribution is -2.53. The average Bonchev–Trinajstić information content (AvgIpc) is 2.48. The number of rotatable bonds is 4. The molecule has 0 N–H and O–H groups in total. The van der Waals surface area contributed by atoms with Crippen molar-refractivity contribution in [2.75, 3.05) is 26.2 Å². The lowest BCUT2D eigenvalue weighted by atomic mass is 10.0. The maximum absolute atomic E-state index is 12.8. The molecular formula is C14H26N2O4S. The van der Waals surface area contributed by atoms with E-state index in [0.29, 0.717) is 32.5 Å². The Balaban J connectivity index is 2.07. The number of hydrogen-bond donors (Lipinski definition) is 0. The van der Waals surface area contributed by atoms with Gasteiger partial charge >= 0.3 is 5.97 Å². The van der Waals surface area contributed by atoms with Gasteiger partial charge in [0.2, 0.25) is 0 Å². The number of carbonyl (C=O) groups is 1. The molecule has 2 fully saturated rings.